The molecule has 0 saturated carbocycles. The third kappa shape index (κ3) is 4.13. The molecule has 1 aliphatic rings. The number of aryl methyl sites for hydroxylation is 1. The number of hydrogen-bond donors (Lipinski definition) is 1. The molecule has 8 heteroatoms. The number of para-hydroxylation sites is 1. The Kier molecular flexibility index (Phi) is 5.67. The van der Waals surface area contributed by atoms with E-state index >= 15 is 0 Å². The van der Waals surface area contributed by atoms with Crippen molar-refractivity contribution < 1.29 is 19.1 Å². The number of fused-ring (bicyclic) bond motifs is 1. The van der Waals surface area contributed by atoms with Crippen molar-refractivity contribution in [3.63, 3.8) is 0 Å². The molecule has 1 aliphatic heterocycles. The van der Waals surface area contributed by atoms with Gasteiger partial charge in [0, 0.05) is 10.7 Å². The van der Waals surface area contributed by atoms with Gasteiger partial charge in [-0.2, -0.15) is 0 Å². The molecular weight excluding hydrogens is 439 g/mol. The Labute approximate surface area is 188 Å². The Morgan fingerprint density at radius 1 is 0.968 bits per heavy atom. The molecule has 0 fully saturated rings. The lowest BCUT2D eigenvalue weighted by molar-refractivity contribution is -0.118. The van der Waals surface area contributed by atoms with Crippen molar-refractivity contribution in [1.29, 1.82) is 0 Å². The van der Waals surface area contributed by atoms with Crippen LogP contribution in [0, 0.1) is 6.92 Å². The van der Waals surface area contributed by atoms with Crippen molar-refractivity contribution in [3.05, 3.63) is 87.4 Å². The minimum atomic E-state index is -0.435. The number of carbonyl (C=O) groups excluding carboxylic acids is 3. The Bertz CT molecular complexity index is 1230. The van der Waals surface area contributed by atoms with Gasteiger partial charge in [0.1, 0.15) is 5.75 Å². The van der Waals surface area contributed by atoms with E-state index in [0.717, 1.165) is 4.90 Å². The summed E-state index contributed by atoms with van der Waals surface area (Å²) in [6.07, 6.45) is 0. The van der Waals surface area contributed by atoms with E-state index in [-0.39, 0.29) is 18.1 Å². The highest BCUT2D eigenvalue weighted by molar-refractivity contribution is 6.37. The average molecular weight is 455 g/mol. The molecule has 6 nitrogen and oxygen atoms in total. The lowest BCUT2D eigenvalue weighted by Gasteiger charge is -2.17. The van der Waals surface area contributed by atoms with Crippen LogP contribution in [0.3, 0.4) is 0 Å². The highest BCUT2D eigenvalue weighted by atomic mass is 35.5. The van der Waals surface area contributed by atoms with Crippen LogP contribution in [-0.4, -0.2) is 24.3 Å². The molecule has 3 aromatic rings. The minimum Gasteiger partial charge on any atom is -0.482 e. The second-order valence-electron chi connectivity index (χ2n) is 6.90. The molecule has 0 unspecified atom stereocenters. The van der Waals surface area contributed by atoms with Gasteiger partial charge in [-0.05, 0) is 61.0 Å². The average Bonchev–Trinajstić information content (AvgIpc) is 2.97. The second-order valence-corrected chi connectivity index (χ2v) is 7.75. The summed E-state index contributed by atoms with van der Waals surface area (Å²) in [5.41, 5.74) is 2.17. The highest BCUT2D eigenvalue weighted by Gasteiger charge is 2.37. The molecule has 1 heterocycles. The molecule has 3 aromatic carbocycles. The lowest BCUT2D eigenvalue weighted by atomic mass is 10.1. The summed E-state index contributed by atoms with van der Waals surface area (Å²) < 4.78 is 5.43. The predicted molar refractivity (Wildman–Crippen MR) is 119 cm³/mol. The summed E-state index contributed by atoms with van der Waals surface area (Å²) in [5.74, 6) is -0.806. The molecule has 0 aliphatic carbocycles. The van der Waals surface area contributed by atoms with Crippen LogP contribution in [0.5, 0.6) is 5.75 Å². The van der Waals surface area contributed by atoms with Crippen LogP contribution in [0.2, 0.25) is 10.0 Å². The standard InChI is InChI=1S/C23H16Cl2N2O4/c1-13-10-15(26-21(28)12-31-20-5-3-2-4-18(20)25)7-9-19(13)27-22(29)16-8-6-14(24)11-17(16)23(27)30/h2-11H,12H2,1H3,(H,26,28). The predicted octanol–water partition coefficient (Wildman–Crippen LogP) is 5.12. The van der Waals surface area contributed by atoms with E-state index in [4.69, 9.17) is 27.9 Å². The highest BCUT2D eigenvalue weighted by Crippen LogP contribution is 2.33. The third-order valence-electron chi connectivity index (χ3n) is 4.77. The van der Waals surface area contributed by atoms with Crippen molar-refractivity contribution in [2.24, 2.45) is 0 Å². The van der Waals surface area contributed by atoms with Gasteiger partial charge in [-0.25, -0.2) is 4.90 Å². The van der Waals surface area contributed by atoms with E-state index in [2.05, 4.69) is 5.32 Å². The number of nitrogens with zero attached hydrogens (tertiary/aromatic N) is 1. The molecule has 0 radical (unpaired) electrons. The smallest absolute Gasteiger partial charge is 0.266 e. The molecule has 1 N–H and O–H groups in total. The van der Waals surface area contributed by atoms with Crippen molar-refractivity contribution >= 4 is 52.3 Å². The first-order valence-corrected chi connectivity index (χ1v) is 10.1. The van der Waals surface area contributed by atoms with Crippen molar-refractivity contribution in [2.75, 3.05) is 16.8 Å². The van der Waals surface area contributed by atoms with E-state index in [0.29, 0.717) is 38.3 Å². The number of amides is 3. The number of rotatable bonds is 5. The van der Waals surface area contributed by atoms with Crippen LogP contribution in [0.4, 0.5) is 11.4 Å². The van der Waals surface area contributed by atoms with Crippen LogP contribution >= 0.6 is 23.2 Å². The first kappa shape index (κ1) is 20.9. The zero-order chi connectivity index (χ0) is 22.1. The van der Waals surface area contributed by atoms with Gasteiger partial charge in [-0.15, -0.1) is 0 Å². The van der Waals surface area contributed by atoms with Gasteiger partial charge in [-0.3, -0.25) is 14.4 Å². The number of hydrogen-bond acceptors (Lipinski definition) is 4. The van der Waals surface area contributed by atoms with E-state index < -0.39 is 11.8 Å². The number of ether oxygens (including phenoxy) is 1. The van der Waals surface area contributed by atoms with Crippen molar-refractivity contribution in [3.8, 4) is 5.75 Å². The van der Waals surface area contributed by atoms with Gasteiger partial charge >= 0.3 is 0 Å². The minimum absolute atomic E-state index is 0.219. The molecule has 3 amide bonds. The zero-order valence-electron chi connectivity index (χ0n) is 16.3. The number of benzene rings is 3. The second kappa shape index (κ2) is 8.41. The summed E-state index contributed by atoms with van der Waals surface area (Å²) >= 11 is 12.0. The number of halogens is 2. The van der Waals surface area contributed by atoms with Crippen molar-refractivity contribution in [1.82, 2.24) is 0 Å². The monoisotopic (exact) mass is 454 g/mol. The van der Waals surface area contributed by atoms with Crippen LogP contribution in [0.15, 0.2) is 60.7 Å². The lowest BCUT2D eigenvalue weighted by Crippen LogP contribution is -2.30. The van der Waals surface area contributed by atoms with Gasteiger partial charge in [-0.1, -0.05) is 35.3 Å². The Morgan fingerprint density at radius 2 is 1.71 bits per heavy atom. The zero-order valence-corrected chi connectivity index (χ0v) is 17.8. The Balaban J connectivity index is 1.47. The topological polar surface area (TPSA) is 75.7 Å². The molecule has 0 bridgehead atoms. The molecule has 156 valence electrons. The Hall–Kier alpha value is -3.35. The summed E-state index contributed by atoms with van der Waals surface area (Å²) in [7, 11) is 0. The van der Waals surface area contributed by atoms with E-state index in [9.17, 15) is 14.4 Å². The van der Waals surface area contributed by atoms with Crippen LogP contribution in [0.1, 0.15) is 26.3 Å². The maximum atomic E-state index is 12.8. The first-order valence-electron chi connectivity index (χ1n) is 9.31. The van der Waals surface area contributed by atoms with Crippen LogP contribution in [-0.2, 0) is 4.79 Å². The third-order valence-corrected chi connectivity index (χ3v) is 5.31. The molecule has 0 aromatic heterocycles. The van der Waals surface area contributed by atoms with Gasteiger partial charge in [0.2, 0.25) is 0 Å². The number of carbonyl (C=O) groups is 3. The normalized spacial score (nSPS) is 12.7. The van der Waals surface area contributed by atoms with Crippen LogP contribution in [0.25, 0.3) is 0 Å². The number of nitrogens with one attached hydrogen (secondary N) is 1. The summed E-state index contributed by atoms with van der Waals surface area (Å²) in [6.45, 7) is 1.53. The maximum Gasteiger partial charge on any atom is 0.266 e. The molecule has 4 rings (SSSR count). The van der Waals surface area contributed by atoms with Gasteiger partial charge in [0.05, 0.1) is 21.8 Å². The van der Waals surface area contributed by atoms with Crippen molar-refractivity contribution in [2.45, 2.75) is 6.92 Å². The molecule has 31 heavy (non-hydrogen) atoms. The molecule has 0 saturated heterocycles. The fraction of sp³-hybridized carbons (Fsp3) is 0.0870. The number of anilines is 2. The van der Waals surface area contributed by atoms with E-state index in [1.54, 1.807) is 61.5 Å². The van der Waals surface area contributed by atoms with Gasteiger partial charge in [0.25, 0.3) is 17.7 Å². The SMILES string of the molecule is Cc1cc(NC(=O)COc2ccccc2Cl)ccc1N1C(=O)c2ccc(Cl)cc2C1=O. The van der Waals surface area contributed by atoms with Gasteiger partial charge in [0.15, 0.2) is 6.61 Å². The van der Waals surface area contributed by atoms with E-state index in [1.807, 2.05) is 0 Å². The van der Waals surface area contributed by atoms with E-state index in [1.165, 1.54) is 6.07 Å². The maximum absolute atomic E-state index is 12.8. The summed E-state index contributed by atoms with van der Waals surface area (Å²) in [4.78, 5) is 38.9. The summed E-state index contributed by atoms with van der Waals surface area (Å²) in [6, 6.07) is 16.4. The fourth-order valence-electron chi connectivity index (χ4n) is 3.32. The Morgan fingerprint density at radius 3 is 2.45 bits per heavy atom. The molecule has 0 spiro atoms. The molecular formula is C23H16Cl2N2O4. The van der Waals surface area contributed by atoms with Crippen LogP contribution < -0.4 is 15.0 Å². The molecule has 0 atom stereocenters. The quantitative estimate of drug-likeness (QED) is 0.542. The summed E-state index contributed by atoms with van der Waals surface area (Å²) in [5, 5.41) is 3.52. The first-order chi connectivity index (χ1) is 14.8. The van der Waals surface area contributed by atoms with Gasteiger partial charge < -0.3 is 10.1 Å². The number of imide groups is 1. The largest absolute Gasteiger partial charge is 0.482 e. The fourth-order valence-corrected chi connectivity index (χ4v) is 3.68.